The van der Waals surface area contributed by atoms with E-state index in [-0.39, 0.29) is 5.91 Å². The molecule has 0 saturated heterocycles. The highest BCUT2D eigenvalue weighted by atomic mass is 16.5. The number of carbonyl (C=O) groups is 1. The molecule has 3 aromatic rings. The molecule has 1 aromatic heterocycles. The van der Waals surface area contributed by atoms with Crippen molar-refractivity contribution in [2.45, 2.75) is 20.0 Å². The van der Waals surface area contributed by atoms with Crippen molar-refractivity contribution >= 4 is 5.91 Å². The van der Waals surface area contributed by atoms with Crippen molar-refractivity contribution in [3.63, 3.8) is 0 Å². The maximum atomic E-state index is 13.6. The summed E-state index contributed by atoms with van der Waals surface area (Å²) < 4.78 is 16.4. The first-order chi connectivity index (χ1) is 15.7. The normalized spacial score (nSPS) is 9.97. The fraction of sp³-hybridized carbons (Fsp3) is 0.231. The first-order valence-corrected chi connectivity index (χ1v) is 10.2. The van der Waals surface area contributed by atoms with Crippen molar-refractivity contribution in [3.8, 4) is 29.1 Å². The number of ether oxygens (including phenoxy) is 3. The Morgan fingerprint density at radius 3 is 2.41 bits per heavy atom. The van der Waals surface area contributed by atoms with E-state index in [1.807, 2.05) is 36.4 Å². The number of rotatable bonds is 9. The van der Waals surface area contributed by atoms with Gasteiger partial charge in [-0.05, 0) is 48.4 Å². The molecule has 32 heavy (non-hydrogen) atoms. The van der Waals surface area contributed by atoms with E-state index in [0.29, 0.717) is 36.8 Å². The lowest BCUT2D eigenvalue weighted by Gasteiger charge is -2.24. The third-order valence-electron chi connectivity index (χ3n) is 4.80. The van der Waals surface area contributed by atoms with Crippen LogP contribution >= 0.6 is 0 Å². The smallest absolute Gasteiger partial charge is 0.258 e. The average molecular weight is 431 g/mol. The van der Waals surface area contributed by atoms with Crippen LogP contribution in [0.3, 0.4) is 0 Å². The molecule has 0 unspecified atom stereocenters. The zero-order valence-corrected chi connectivity index (χ0v) is 18.5. The number of methoxy groups -OCH3 is 2. The maximum absolute atomic E-state index is 13.6. The Morgan fingerprint density at radius 1 is 0.969 bits per heavy atom. The number of para-hydroxylation sites is 1. The molecule has 0 saturated carbocycles. The first-order valence-electron chi connectivity index (χ1n) is 10.2. The molecule has 0 atom stereocenters. The van der Waals surface area contributed by atoms with Crippen molar-refractivity contribution < 1.29 is 19.0 Å². The van der Waals surface area contributed by atoms with Gasteiger partial charge >= 0.3 is 0 Å². The number of carbonyl (C=O) groups excluding carboxylic acids is 1. The standard InChI is InChI=1S/C26H26N2O4/c1-4-5-16-32-22-13-11-20(12-14-22)18-28(19-21-8-7-15-27-17-21)26(29)23-9-6-10-24(30-2)25(23)31-3/h6-15,17H,16,18-19H2,1-3H3. The van der Waals surface area contributed by atoms with Crippen LogP contribution in [0.2, 0.25) is 0 Å². The second-order valence-electron chi connectivity index (χ2n) is 6.92. The van der Waals surface area contributed by atoms with Crippen molar-refractivity contribution in [1.29, 1.82) is 0 Å². The number of nitrogens with zero attached hydrogens (tertiary/aromatic N) is 2. The minimum absolute atomic E-state index is 0.164. The third kappa shape index (κ3) is 5.79. The Bertz CT molecular complexity index is 1090. The van der Waals surface area contributed by atoms with Gasteiger partial charge in [0.05, 0.1) is 19.8 Å². The quantitative estimate of drug-likeness (QED) is 0.473. The summed E-state index contributed by atoms with van der Waals surface area (Å²) in [5.41, 5.74) is 2.34. The fourth-order valence-electron chi connectivity index (χ4n) is 3.24. The maximum Gasteiger partial charge on any atom is 0.258 e. The lowest BCUT2D eigenvalue weighted by atomic mass is 10.1. The van der Waals surface area contributed by atoms with Gasteiger partial charge in [0, 0.05) is 25.5 Å². The Morgan fingerprint density at radius 2 is 1.75 bits per heavy atom. The van der Waals surface area contributed by atoms with Gasteiger partial charge in [0.2, 0.25) is 0 Å². The van der Waals surface area contributed by atoms with Gasteiger partial charge in [0.1, 0.15) is 12.4 Å². The Kier molecular flexibility index (Phi) is 8.10. The van der Waals surface area contributed by atoms with Crippen LogP contribution in [-0.2, 0) is 13.1 Å². The number of amides is 1. The molecule has 6 nitrogen and oxygen atoms in total. The third-order valence-corrected chi connectivity index (χ3v) is 4.80. The molecule has 0 fully saturated rings. The van der Waals surface area contributed by atoms with Gasteiger partial charge in [-0.25, -0.2) is 0 Å². The van der Waals surface area contributed by atoms with Crippen LogP contribution in [0, 0.1) is 11.8 Å². The minimum atomic E-state index is -0.164. The van der Waals surface area contributed by atoms with Gasteiger partial charge < -0.3 is 19.1 Å². The number of aromatic nitrogens is 1. The van der Waals surface area contributed by atoms with E-state index in [1.165, 1.54) is 7.11 Å². The second-order valence-corrected chi connectivity index (χ2v) is 6.92. The summed E-state index contributed by atoms with van der Waals surface area (Å²) in [6.45, 7) is 2.93. The van der Waals surface area contributed by atoms with E-state index in [4.69, 9.17) is 14.2 Å². The summed E-state index contributed by atoms with van der Waals surface area (Å²) in [6, 6.07) is 16.7. The summed E-state index contributed by atoms with van der Waals surface area (Å²) in [5.74, 6) is 7.16. The van der Waals surface area contributed by atoms with Crippen molar-refractivity contribution in [3.05, 3.63) is 83.7 Å². The highest BCUT2D eigenvalue weighted by Crippen LogP contribution is 2.32. The van der Waals surface area contributed by atoms with Gasteiger partial charge in [-0.15, -0.1) is 5.92 Å². The van der Waals surface area contributed by atoms with Gasteiger partial charge in [-0.1, -0.05) is 30.2 Å². The van der Waals surface area contributed by atoms with E-state index in [0.717, 1.165) is 16.9 Å². The lowest BCUT2D eigenvalue weighted by Crippen LogP contribution is -2.30. The summed E-state index contributed by atoms with van der Waals surface area (Å²) in [4.78, 5) is 19.5. The molecule has 2 aromatic carbocycles. The van der Waals surface area contributed by atoms with Gasteiger partial charge in [0.15, 0.2) is 11.5 Å². The number of hydrogen-bond acceptors (Lipinski definition) is 5. The van der Waals surface area contributed by atoms with Gasteiger partial charge in [-0.3, -0.25) is 9.78 Å². The van der Waals surface area contributed by atoms with Crippen LogP contribution in [0.4, 0.5) is 0 Å². The molecule has 0 spiro atoms. The summed E-state index contributed by atoms with van der Waals surface area (Å²) in [5, 5.41) is 0. The largest absolute Gasteiger partial charge is 0.493 e. The van der Waals surface area contributed by atoms with Crippen molar-refractivity contribution in [1.82, 2.24) is 9.88 Å². The highest BCUT2D eigenvalue weighted by molar-refractivity contribution is 5.97. The molecule has 164 valence electrons. The van der Waals surface area contributed by atoms with E-state index >= 15 is 0 Å². The number of pyridine rings is 1. The van der Waals surface area contributed by atoms with Crippen LogP contribution in [0.15, 0.2) is 67.0 Å². The monoisotopic (exact) mass is 430 g/mol. The summed E-state index contributed by atoms with van der Waals surface area (Å²) >= 11 is 0. The van der Waals surface area contributed by atoms with Gasteiger partial charge in [-0.2, -0.15) is 0 Å². The molecule has 0 aliphatic rings. The molecular formula is C26H26N2O4. The van der Waals surface area contributed by atoms with E-state index in [1.54, 1.807) is 49.5 Å². The molecule has 0 bridgehead atoms. The number of hydrogen-bond donors (Lipinski definition) is 0. The molecule has 3 rings (SSSR count). The van der Waals surface area contributed by atoms with Crippen LogP contribution in [0.1, 0.15) is 28.4 Å². The second kappa shape index (κ2) is 11.4. The fourth-order valence-corrected chi connectivity index (χ4v) is 3.24. The zero-order valence-electron chi connectivity index (χ0n) is 18.5. The molecule has 1 amide bonds. The predicted molar refractivity (Wildman–Crippen MR) is 123 cm³/mol. The van der Waals surface area contributed by atoms with E-state index < -0.39 is 0 Å². The summed E-state index contributed by atoms with van der Waals surface area (Å²) in [6.07, 6.45) is 3.47. The van der Waals surface area contributed by atoms with E-state index in [2.05, 4.69) is 16.8 Å². The molecule has 6 heteroatoms. The van der Waals surface area contributed by atoms with Crippen molar-refractivity contribution in [2.24, 2.45) is 0 Å². The molecule has 0 radical (unpaired) electrons. The number of benzene rings is 2. The first kappa shape index (κ1) is 22.7. The lowest BCUT2D eigenvalue weighted by molar-refractivity contribution is 0.0725. The Balaban J connectivity index is 1.87. The van der Waals surface area contributed by atoms with Crippen molar-refractivity contribution in [2.75, 3.05) is 20.8 Å². The predicted octanol–water partition coefficient (Wildman–Crippen LogP) is 4.34. The van der Waals surface area contributed by atoms with Gasteiger partial charge in [0.25, 0.3) is 5.91 Å². The highest BCUT2D eigenvalue weighted by Gasteiger charge is 2.22. The molecular weight excluding hydrogens is 404 g/mol. The molecule has 0 aliphatic carbocycles. The molecule has 1 heterocycles. The molecule has 0 aliphatic heterocycles. The topological polar surface area (TPSA) is 60.9 Å². The van der Waals surface area contributed by atoms with Crippen LogP contribution < -0.4 is 14.2 Å². The van der Waals surface area contributed by atoms with Crippen LogP contribution in [0.25, 0.3) is 0 Å². The zero-order chi connectivity index (χ0) is 22.8. The van der Waals surface area contributed by atoms with Crippen LogP contribution in [-0.4, -0.2) is 36.6 Å². The van der Waals surface area contributed by atoms with E-state index in [9.17, 15) is 4.79 Å². The SMILES string of the molecule is CC#CCOc1ccc(CN(Cc2cccnc2)C(=O)c2cccc(OC)c2OC)cc1. The Hall–Kier alpha value is -3.98. The van der Waals surface area contributed by atoms with Crippen LogP contribution in [0.5, 0.6) is 17.2 Å². The summed E-state index contributed by atoms with van der Waals surface area (Å²) in [7, 11) is 3.08. The Labute approximate surface area is 188 Å². The average Bonchev–Trinajstić information content (AvgIpc) is 2.84. The molecule has 0 N–H and O–H groups in total. The minimum Gasteiger partial charge on any atom is -0.493 e.